The molecule has 11 heteroatoms. The smallest absolute Gasteiger partial charge is 0.567 e. The van der Waals surface area contributed by atoms with Crippen LogP contribution in [0, 0.1) is 6.92 Å². The van der Waals surface area contributed by atoms with Gasteiger partial charge in [-0.15, -0.1) is 5.11 Å². The number of benzene rings is 2. The van der Waals surface area contributed by atoms with Crippen LogP contribution in [-0.2, 0) is 17.1 Å². The van der Waals surface area contributed by atoms with Gasteiger partial charge in [0, 0.05) is 26.8 Å². The van der Waals surface area contributed by atoms with Crippen molar-refractivity contribution in [3.8, 4) is 5.69 Å². The molecule has 3 aromatic rings. The zero-order valence-electron chi connectivity index (χ0n) is 17.5. The summed E-state index contributed by atoms with van der Waals surface area (Å²) in [6.45, 7) is 1.65. The largest absolute Gasteiger partial charge is 1.00 e. The first-order valence-electron chi connectivity index (χ1n) is 8.72. The van der Waals surface area contributed by atoms with Crippen molar-refractivity contribution in [2.24, 2.45) is 17.4 Å². The molecule has 0 saturated heterocycles. The van der Waals surface area contributed by atoms with Crippen LogP contribution in [0.4, 0.5) is 11.4 Å². The molecule has 0 aliphatic heterocycles. The number of hydrogen-bond donors (Lipinski definition) is 0. The molecule has 0 atom stereocenters. The van der Waals surface area contributed by atoms with Crippen LogP contribution in [0.5, 0.6) is 0 Å². The molecular weight excluding hydrogens is 431 g/mol. The Bertz CT molecular complexity index is 1200. The molecule has 0 fully saturated rings. The summed E-state index contributed by atoms with van der Waals surface area (Å²) in [6.07, 6.45) is 0. The number of para-hydroxylation sites is 1. The summed E-state index contributed by atoms with van der Waals surface area (Å²) in [5.74, 6) is 0. The molecular formula is C19H21KN6O3S. The Kier molecular flexibility index (Phi) is 8.19. The van der Waals surface area contributed by atoms with Gasteiger partial charge in [0.15, 0.2) is 0 Å². The fourth-order valence-electron chi connectivity index (χ4n) is 2.66. The fraction of sp³-hybridized carbons (Fsp3) is 0.211. The Balaban J connectivity index is 0.00000320. The summed E-state index contributed by atoms with van der Waals surface area (Å²) in [7, 11) is 1.06. The molecule has 2 aromatic carbocycles. The summed E-state index contributed by atoms with van der Waals surface area (Å²) in [6, 6.07) is 14.8. The van der Waals surface area contributed by atoms with Crippen LogP contribution in [0.15, 0.2) is 74.6 Å². The fourth-order valence-corrected chi connectivity index (χ4v) is 3.69. The number of aromatic nitrogens is 2. The minimum absolute atomic E-state index is 0. The molecule has 0 aliphatic rings. The minimum atomic E-state index is -4.08. The van der Waals surface area contributed by atoms with Gasteiger partial charge in [0.25, 0.3) is 5.56 Å². The van der Waals surface area contributed by atoms with Crippen LogP contribution >= 0.6 is 0 Å². The second-order valence-corrected chi connectivity index (χ2v) is 8.11. The van der Waals surface area contributed by atoms with Gasteiger partial charge in [-0.2, -0.15) is 0 Å². The van der Waals surface area contributed by atoms with Crippen LogP contribution in [0.2, 0.25) is 0 Å². The number of hydrogen-bond acceptors (Lipinski definition) is 5. The molecule has 0 amide bonds. The minimum Gasteiger partial charge on any atom is -0.567 e. The van der Waals surface area contributed by atoms with Gasteiger partial charge in [-0.05, 0) is 49.0 Å². The maximum Gasteiger partial charge on any atom is 1.00 e. The van der Waals surface area contributed by atoms with E-state index < -0.39 is 15.6 Å². The van der Waals surface area contributed by atoms with Gasteiger partial charge in [-0.3, -0.25) is 14.5 Å². The molecule has 0 saturated carbocycles. The third-order valence-electron chi connectivity index (χ3n) is 4.21. The molecule has 0 bridgehead atoms. The van der Waals surface area contributed by atoms with Crippen molar-refractivity contribution in [3.63, 3.8) is 0 Å². The van der Waals surface area contributed by atoms with Crippen molar-refractivity contribution in [1.82, 2.24) is 14.4 Å². The molecule has 1 heterocycles. The Hall–Kier alpha value is -1.76. The number of sulfonamides is 1. The molecule has 0 spiro atoms. The van der Waals surface area contributed by atoms with Crippen LogP contribution in [0.1, 0.15) is 5.69 Å². The second kappa shape index (κ2) is 10.0. The van der Waals surface area contributed by atoms with Gasteiger partial charge in [-0.1, -0.05) is 23.4 Å². The molecule has 30 heavy (non-hydrogen) atoms. The number of nitrogens with zero attached hydrogens (tertiary/aromatic N) is 6. The second-order valence-electron chi connectivity index (χ2n) is 6.51. The Labute approximate surface area is 217 Å². The van der Waals surface area contributed by atoms with Crippen molar-refractivity contribution >= 4 is 21.4 Å². The van der Waals surface area contributed by atoms with Crippen LogP contribution < -0.4 is 56.9 Å². The van der Waals surface area contributed by atoms with Gasteiger partial charge in [0.2, 0.25) is 0 Å². The van der Waals surface area contributed by atoms with Gasteiger partial charge in [-0.25, -0.2) is 13.1 Å². The normalized spacial score (nSPS) is 11.3. The first kappa shape index (κ1) is 24.5. The SMILES string of the molecule is Cc1c([N-]S(=O)(=O)c2ccc(N=NN(C)C)cc2)c(=O)n(-c2ccccc2)n1C.[K+]. The van der Waals surface area contributed by atoms with Crippen LogP contribution in [-0.4, -0.2) is 36.9 Å². The van der Waals surface area contributed by atoms with E-state index in [0.717, 1.165) is 0 Å². The van der Waals surface area contributed by atoms with E-state index >= 15 is 0 Å². The summed E-state index contributed by atoms with van der Waals surface area (Å²) in [4.78, 5) is 12.8. The quantitative estimate of drug-likeness (QED) is 0.308. The molecule has 152 valence electrons. The zero-order chi connectivity index (χ0) is 21.2. The zero-order valence-corrected chi connectivity index (χ0v) is 21.5. The van der Waals surface area contributed by atoms with E-state index in [9.17, 15) is 13.2 Å². The van der Waals surface area contributed by atoms with Gasteiger partial charge in [0.1, 0.15) is 10.0 Å². The standard InChI is InChI=1S/C19H21N6O3S.K/c1-14-18(19(26)25(24(14)4)16-8-6-5-7-9-16)21-29(27,28)17-12-10-15(11-13-17)20-22-23(2)3;/h5-13H,1-4H3;/q-1;+1. The summed E-state index contributed by atoms with van der Waals surface area (Å²) in [5, 5.41) is 9.34. The molecule has 9 nitrogen and oxygen atoms in total. The Morgan fingerprint density at radius 3 is 2.17 bits per heavy atom. The monoisotopic (exact) mass is 452 g/mol. The first-order valence-corrected chi connectivity index (χ1v) is 10.2. The van der Waals surface area contributed by atoms with E-state index in [-0.39, 0.29) is 62.0 Å². The van der Waals surface area contributed by atoms with Crippen molar-refractivity contribution < 1.29 is 59.8 Å². The summed E-state index contributed by atoms with van der Waals surface area (Å²) < 4.78 is 32.3. The van der Waals surface area contributed by atoms with E-state index in [4.69, 9.17) is 0 Å². The van der Waals surface area contributed by atoms with Crippen molar-refractivity contribution in [1.29, 1.82) is 0 Å². The molecule has 0 unspecified atom stereocenters. The van der Waals surface area contributed by atoms with E-state index in [1.165, 1.54) is 34.0 Å². The predicted octanol–water partition coefficient (Wildman–Crippen LogP) is 0.443. The van der Waals surface area contributed by atoms with Crippen molar-refractivity contribution in [3.05, 3.63) is 75.4 Å². The number of rotatable bonds is 6. The first-order chi connectivity index (χ1) is 13.7. The maximum atomic E-state index is 12.9. The van der Waals surface area contributed by atoms with Crippen LogP contribution in [0.25, 0.3) is 10.4 Å². The van der Waals surface area contributed by atoms with Crippen molar-refractivity contribution in [2.45, 2.75) is 11.8 Å². The Morgan fingerprint density at radius 1 is 1.00 bits per heavy atom. The van der Waals surface area contributed by atoms with E-state index in [0.29, 0.717) is 17.1 Å². The van der Waals surface area contributed by atoms with Gasteiger partial charge < -0.3 is 4.72 Å². The van der Waals surface area contributed by atoms with Crippen molar-refractivity contribution in [2.75, 3.05) is 14.1 Å². The summed E-state index contributed by atoms with van der Waals surface area (Å²) >= 11 is 0. The average Bonchev–Trinajstić information content (AvgIpc) is 2.90. The maximum absolute atomic E-state index is 12.9. The average molecular weight is 453 g/mol. The topological polar surface area (TPSA) is 103 Å². The molecule has 0 aliphatic carbocycles. The van der Waals surface area contributed by atoms with E-state index in [1.54, 1.807) is 57.0 Å². The third-order valence-corrected chi connectivity index (χ3v) is 5.50. The Morgan fingerprint density at radius 2 is 1.60 bits per heavy atom. The summed E-state index contributed by atoms with van der Waals surface area (Å²) in [5.41, 5.74) is 0.945. The van der Waals surface area contributed by atoms with Gasteiger partial charge in [0.05, 0.1) is 16.3 Å². The molecule has 1 aromatic heterocycles. The van der Waals surface area contributed by atoms with Crippen LogP contribution in [0.3, 0.4) is 0 Å². The molecule has 0 radical (unpaired) electrons. The van der Waals surface area contributed by atoms with E-state index in [1.807, 2.05) is 6.07 Å². The third kappa shape index (κ3) is 5.28. The predicted molar refractivity (Wildman–Crippen MR) is 111 cm³/mol. The molecule has 3 rings (SSSR count). The van der Waals surface area contributed by atoms with Gasteiger partial charge >= 0.3 is 51.4 Å². The molecule has 0 N–H and O–H groups in total. The van der Waals surface area contributed by atoms with E-state index in [2.05, 4.69) is 15.1 Å².